The third kappa shape index (κ3) is 5.87. The molecule has 0 unspecified atom stereocenters. The summed E-state index contributed by atoms with van der Waals surface area (Å²) in [5, 5.41) is 6.78. The highest BCUT2D eigenvalue weighted by molar-refractivity contribution is 7.80. The van der Waals surface area contributed by atoms with Crippen molar-refractivity contribution in [2.75, 3.05) is 43.6 Å². The van der Waals surface area contributed by atoms with Crippen LogP contribution in [0.5, 0.6) is 0 Å². The summed E-state index contributed by atoms with van der Waals surface area (Å²) < 4.78 is 5.02. The van der Waals surface area contributed by atoms with Crippen LogP contribution in [0.1, 0.15) is 32.4 Å². The van der Waals surface area contributed by atoms with E-state index in [1.165, 1.54) is 6.42 Å². The number of hydrogen-bond donors (Lipinski definition) is 2. The van der Waals surface area contributed by atoms with Gasteiger partial charge in [-0.1, -0.05) is 13.8 Å². The standard InChI is InChI=1S/C17H29N5OS/c1-12-8-13(2)11-22(10-12)15-9-14(3)19-16(20-15)21-17(24)18-6-5-7-23-4/h9,12-13H,5-8,10-11H2,1-4H3,(H2,18,19,20,21,24)/t12-,13-/m1/s1. The van der Waals surface area contributed by atoms with Crippen molar-refractivity contribution in [3.8, 4) is 0 Å². The molecule has 0 radical (unpaired) electrons. The van der Waals surface area contributed by atoms with Gasteiger partial charge >= 0.3 is 0 Å². The van der Waals surface area contributed by atoms with Crippen LogP contribution in [0.3, 0.4) is 0 Å². The van der Waals surface area contributed by atoms with Crippen LogP contribution < -0.4 is 15.5 Å². The van der Waals surface area contributed by atoms with Crippen LogP contribution >= 0.6 is 12.2 Å². The van der Waals surface area contributed by atoms with Gasteiger partial charge in [-0.2, -0.15) is 4.98 Å². The number of hydrogen-bond acceptors (Lipinski definition) is 5. The number of rotatable bonds is 6. The highest BCUT2D eigenvalue weighted by Gasteiger charge is 2.23. The number of anilines is 2. The van der Waals surface area contributed by atoms with Crippen molar-refractivity contribution in [2.45, 2.75) is 33.6 Å². The van der Waals surface area contributed by atoms with Gasteiger partial charge in [0.15, 0.2) is 5.11 Å². The molecule has 1 aromatic rings. The zero-order chi connectivity index (χ0) is 17.5. The Morgan fingerprint density at radius 2 is 2.04 bits per heavy atom. The quantitative estimate of drug-likeness (QED) is 0.603. The van der Waals surface area contributed by atoms with Crippen molar-refractivity contribution < 1.29 is 4.74 Å². The maximum absolute atomic E-state index is 5.31. The molecule has 0 aromatic carbocycles. The molecule has 0 aliphatic carbocycles. The first-order chi connectivity index (χ1) is 11.5. The predicted octanol–water partition coefficient (Wildman–Crippen LogP) is 2.59. The van der Waals surface area contributed by atoms with Crippen molar-refractivity contribution in [1.82, 2.24) is 15.3 Å². The number of ether oxygens (including phenoxy) is 1. The Hall–Kier alpha value is -1.47. The van der Waals surface area contributed by atoms with Gasteiger partial charge in [0.1, 0.15) is 5.82 Å². The number of nitrogens with zero attached hydrogens (tertiary/aromatic N) is 3. The smallest absolute Gasteiger partial charge is 0.231 e. The van der Waals surface area contributed by atoms with Gasteiger partial charge in [-0.15, -0.1) is 0 Å². The van der Waals surface area contributed by atoms with Gasteiger partial charge in [-0.3, -0.25) is 0 Å². The van der Waals surface area contributed by atoms with E-state index in [4.69, 9.17) is 17.0 Å². The van der Waals surface area contributed by atoms with Crippen LogP contribution in [-0.4, -0.2) is 48.4 Å². The lowest BCUT2D eigenvalue weighted by Crippen LogP contribution is -2.39. The molecule has 134 valence electrons. The van der Waals surface area contributed by atoms with Crippen LogP contribution in [0.25, 0.3) is 0 Å². The van der Waals surface area contributed by atoms with Gasteiger partial charge in [0.05, 0.1) is 0 Å². The van der Waals surface area contributed by atoms with Crippen molar-refractivity contribution in [2.24, 2.45) is 11.8 Å². The molecule has 24 heavy (non-hydrogen) atoms. The molecule has 1 fully saturated rings. The van der Waals surface area contributed by atoms with Crippen LogP contribution in [0.15, 0.2) is 6.07 Å². The third-order valence-corrected chi connectivity index (χ3v) is 4.32. The minimum atomic E-state index is 0.544. The minimum Gasteiger partial charge on any atom is -0.385 e. The van der Waals surface area contributed by atoms with Crippen molar-refractivity contribution in [3.05, 3.63) is 11.8 Å². The van der Waals surface area contributed by atoms with Gasteiger partial charge in [-0.05, 0) is 43.8 Å². The second kappa shape index (κ2) is 9.13. The third-order valence-electron chi connectivity index (χ3n) is 4.07. The van der Waals surface area contributed by atoms with E-state index in [2.05, 4.69) is 39.3 Å². The fourth-order valence-electron chi connectivity index (χ4n) is 3.18. The number of aromatic nitrogens is 2. The van der Waals surface area contributed by atoms with Crippen LogP contribution in [0, 0.1) is 18.8 Å². The second-order valence-corrected chi connectivity index (χ2v) is 7.18. The van der Waals surface area contributed by atoms with Crippen molar-refractivity contribution in [3.63, 3.8) is 0 Å². The highest BCUT2D eigenvalue weighted by Crippen LogP contribution is 2.25. The Labute approximate surface area is 150 Å². The van der Waals surface area contributed by atoms with Crippen molar-refractivity contribution >= 4 is 29.1 Å². The Morgan fingerprint density at radius 1 is 1.33 bits per heavy atom. The number of aryl methyl sites for hydroxylation is 1. The van der Waals surface area contributed by atoms with Crippen LogP contribution in [0.2, 0.25) is 0 Å². The molecule has 2 rings (SSSR count). The average molecular weight is 352 g/mol. The summed E-state index contributed by atoms with van der Waals surface area (Å²) >= 11 is 5.31. The van der Waals surface area contributed by atoms with E-state index < -0.39 is 0 Å². The molecule has 1 aliphatic rings. The predicted molar refractivity (Wildman–Crippen MR) is 103 cm³/mol. The lowest BCUT2D eigenvalue weighted by atomic mass is 9.92. The monoisotopic (exact) mass is 351 g/mol. The van der Waals surface area contributed by atoms with E-state index in [0.717, 1.165) is 37.6 Å². The van der Waals surface area contributed by atoms with E-state index in [0.29, 0.717) is 29.5 Å². The van der Waals surface area contributed by atoms with Gasteiger partial charge in [0.2, 0.25) is 5.95 Å². The summed E-state index contributed by atoms with van der Waals surface area (Å²) in [6.07, 6.45) is 2.18. The molecular formula is C17H29N5OS. The Morgan fingerprint density at radius 3 is 2.71 bits per heavy atom. The first-order valence-electron chi connectivity index (χ1n) is 8.62. The van der Waals surface area contributed by atoms with Gasteiger partial charge in [0, 0.05) is 45.1 Å². The van der Waals surface area contributed by atoms with Gasteiger partial charge < -0.3 is 20.3 Å². The summed E-state index contributed by atoms with van der Waals surface area (Å²) in [5.74, 6) is 2.90. The molecule has 2 N–H and O–H groups in total. The maximum atomic E-state index is 5.31. The summed E-state index contributed by atoms with van der Waals surface area (Å²) in [5.41, 5.74) is 0.940. The maximum Gasteiger partial charge on any atom is 0.231 e. The summed E-state index contributed by atoms with van der Waals surface area (Å²) in [6, 6.07) is 2.05. The molecule has 0 amide bonds. The molecule has 2 heterocycles. The molecule has 6 nitrogen and oxygen atoms in total. The second-order valence-electron chi connectivity index (χ2n) is 6.77. The number of nitrogens with one attached hydrogen (secondary N) is 2. The number of piperidine rings is 1. The Balaban J connectivity index is 1.99. The summed E-state index contributed by atoms with van der Waals surface area (Å²) in [7, 11) is 1.70. The normalized spacial score (nSPS) is 20.8. The largest absolute Gasteiger partial charge is 0.385 e. The SMILES string of the molecule is COCCCNC(=S)Nc1nc(C)cc(N2C[C@H](C)C[C@@H](C)C2)n1. The highest BCUT2D eigenvalue weighted by atomic mass is 32.1. The van der Waals surface area contributed by atoms with Crippen LogP contribution in [-0.2, 0) is 4.74 Å². The molecule has 1 aromatic heterocycles. The molecule has 0 spiro atoms. The molecule has 7 heteroatoms. The zero-order valence-corrected chi connectivity index (χ0v) is 15.9. The minimum absolute atomic E-state index is 0.544. The fourth-order valence-corrected chi connectivity index (χ4v) is 3.38. The van der Waals surface area contributed by atoms with Crippen LogP contribution in [0.4, 0.5) is 11.8 Å². The van der Waals surface area contributed by atoms with E-state index in [1.807, 2.05) is 13.0 Å². The fraction of sp³-hybridized carbons (Fsp3) is 0.706. The molecule has 0 bridgehead atoms. The lowest BCUT2D eigenvalue weighted by molar-refractivity contribution is 0.196. The van der Waals surface area contributed by atoms with Gasteiger partial charge in [0.25, 0.3) is 0 Å². The Kier molecular flexibility index (Phi) is 7.17. The molecule has 1 aliphatic heterocycles. The molecule has 1 saturated heterocycles. The number of thiocarbonyl (C=S) groups is 1. The Bertz CT molecular complexity index is 544. The molecule has 0 saturated carbocycles. The van der Waals surface area contributed by atoms with E-state index in [9.17, 15) is 0 Å². The van der Waals surface area contributed by atoms with Gasteiger partial charge in [-0.25, -0.2) is 4.98 Å². The first kappa shape index (κ1) is 18.9. The van der Waals surface area contributed by atoms with Crippen molar-refractivity contribution in [1.29, 1.82) is 0 Å². The zero-order valence-electron chi connectivity index (χ0n) is 15.1. The van der Waals surface area contributed by atoms with E-state index >= 15 is 0 Å². The molecule has 2 atom stereocenters. The van der Waals surface area contributed by atoms with E-state index in [1.54, 1.807) is 7.11 Å². The van der Waals surface area contributed by atoms with E-state index in [-0.39, 0.29) is 0 Å². The first-order valence-corrected chi connectivity index (χ1v) is 9.03. The lowest BCUT2D eigenvalue weighted by Gasteiger charge is -2.36. The summed E-state index contributed by atoms with van der Waals surface area (Å²) in [4.78, 5) is 11.5. The summed E-state index contributed by atoms with van der Waals surface area (Å²) in [6.45, 7) is 10.2. The number of methoxy groups -OCH3 is 1. The molecular weight excluding hydrogens is 322 g/mol. The topological polar surface area (TPSA) is 62.3 Å². The average Bonchev–Trinajstić information content (AvgIpc) is 2.50.